The van der Waals surface area contributed by atoms with E-state index >= 15 is 0 Å². The van der Waals surface area contributed by atoms with Gasteiger partial charge in [-0.15, -0.1) is 0 Å². The highest BCUT2D eigenvalue weighted by Gasteiger charge is 2.38. The van der Waals surface area contributed by atoms with Gasteiger partial charge in [-0.25, -0.2) is 0 Å². The minimum Gasteiger partial charge on any atom is -0.497 e. The van der Waals surface area contributed by atoms with Crippen molar-refractivity contribution in [2.24, 2.45) is 5.41 Å². The molecule has 0 amide bonds. The fraction of sp³-hybridized carbons (Fsp3) is 0.562. The maximum absolute atomic E-state index is 9.56. The normalized spacial score (nSPS) is 20.3. The molecule has 3 heteroatoms. The molecule has 2 rings (SSSR count). The second-order valence-corrected chi connectivity index (χ2v) is 6.22. The van der Waals surface area contributed by atoms with E-state index in [1.807, 2.05) is 24.3 Å². The second-order valence-electron chi connectivity index (χ2n) is 6.22. The molecule has 1 saturated carbocycles. The van der Waals surface area contributed by atoms with Crippen LogP contribution in [0.5, 0.6) is 5.75 Å². The van der Waals surface area contributed by atoms with Crippen LogP contribution in [0.25, 0.3) is 0 Å². The number of nitrogens with zero attached hydrogens (tertiary/aromatic N) is 1. The molecule has 0 spiro atoms. The van der Waals surface area contributed by atoms with E-state index in [1.165, 1.54) is 0 Å². The predicted octanol–water partition coefficient (Wildman–Crippen LogP) is 3.97. The maximum atomic E-state index is 9.56. The van der Waals surface area contributed by atoms with Crippen LogP contribution in [0.4, 0.5) is 5.69 Å². The highest BCUT2D eigenvalue weighted by molar-refractivity contribution is 5.51. The van der Waals surface area contributed by atoms with E-state index in [0.29, 0.717) is 5.41 Å². The Bertz CT molecular complexity index is 478. The summed E-state index contributed by atoms with van der Waals surface area (Å²) in [4.78, 5) is 0. The Kier molecular flexibility index (Phi) is 3.71. The fourth-order valence-electron chi connectivity index (χ4n) is 2.60. The van der Waals surface area contributed by atoms with E-state index in [1.54, 1.807) is 7.11 Å². The molecule has 1 N–H and O–H groups in total. The zero-order chi connectivity index (χ0) is 13.9. The minimum atomic E-state index is -0.429. The van der Waals surface area contributed by atoms with Gasteiger partial charge >= 0.3 is 0 Å². The molecule has 1 fully saturated rings. The summed E-state index contributed by atoms with van der Waals surface area (Å²) in [6.45, 7) is 4.56. The van der Waals surface area contributed by atoms with Gasteiger partial charge in [-0.1, -0.05) is 19.9 Å². The van der Waals surface area contributed by atoms with Crippen molar-refractivity contribution in [3.05, 3.63) is 24.3 Å². The van der Waals surface area contributed by atoms with Gasteiger partial charge in [0.25, 0.3) is 0 Å². The summed E-state index contributed by atoms with van der Waals surface area (Å²) in [6, 6.07) is 10.3. The lowest BCUT2D eigenvalue weighted by atomic mass is 9.70. The summed E-state index contributed by atoms with van der Waals surface area (Å²) in [5.74, 6) is 0.814. The van der Waals surface area contributed by atoms with Gasteiger partial charge in [-0.05, 0) is 43.2 Å². The topological polar surface area (TPSA) is 45.0 Å². The molecule has 0 heterocycles. The van der Waals surface area contributed by atoms with Gasteiger partial charge in [-0.3, -0.25) is 0 Å². The molecule has 0 radical (unpaired) electrons. The summed E-state index contributed by atoms with van der Waals surface area (Å²) in [6.07, 6.45) is 3.95. The zero-order valence-corrected chi connectivity index (χ0v) is 12.0. The van der Waals surface area contributed by atoms with Gasteiger partial charge in [0, 0.05) is 11.8 Å². The van der Waals surface area contributed by atoms with Crippen LogP contribution in [-0.2, 0) is 0 Å². The average Bonchev–Trinajstić information content (AvgIpc) is 2.42. The van der Waals surface area contributed by atoms with E-state index < -0.39 is 5.54 Å². The first kappa shape index (κ1) is 13.7. The number of hydrogen-bond donors (Lipinski definition) is 1. The summed E-state index contributed by atoms with van der Waals surface area (Å²) < 4.78 is 5.22. The summed E-state index contributed by atoms with van der Waals surface area (Å²) >= 11 is 0. The summed E-state index contributed by atoms with van der Waals surface area (Å²) in [7, 11) is 1.66. The van der Waals surface area contributed by atoms with Crippen molar-refractivity contribution in [2.45, 2.75) is 45.1 Å². The molecule has 1 aliphatic rings. The average molecular weight is 258 g/mol. The number of benzene rings is 1. The molecule has 0 aromatic heterocycles. The smallest absolute Gasteiger partial charge is 0.125 e. The van der Waals surface area contributed by atoms with E-state index in [4.69, 9.17) is 4.74 Å². The first-order chi connectivity index (χ1) is 8.99. The second kappa shape index (κ2) is 5.13. The predicted molar refractivity (Wildman–Crippen MR) is 77.2 cm³/mol. The maximum Gasteiger partial charge on any atom is 0.125 e. The van der Waals surface area contributed by atoms with Gasteiger partial charge in [0.15, 0.2) is 0 Å². The van der Waals surface area contributed by atoms with Crippen molar-refractivity contribution in [3.8, 4) is 11.8 Å². The largest absolute Gasteiger partial charge is 0.497 e. The van der Waals surface area contributed by atoms with Crippen LogP contribution in [-0.4, -0.2) is 12.6 Å². The number of ether oxygens (including phenoxy) is 1. The number of nitrogens with one attached hydrogen (secondary N) is 1. The van der Waals surface area contributed by atoms with Gasteiger partial charge in [-0.2, -0.15) is 5.26 Å². The van der Waals surface area contributed by atoms with Crippen LogP contribution >= 0.6 is 0 Å². The Hall–Kier alpha value is -1.69. The van der Waals surface area contributed by atoms with Crippen molar-refractivity contribution in [2.75, 3.05) is 12.4 Å². The highest BCUT2D eigenvalue weighted by atomic mass is 16.5. The third-order valence-corrected chi connectivity index (χ3v) is 4.12. The Balaban J connectivity index is 2.13. The number of hydrogen-bond acceptors (Lipinski definition) is 3. The number of anilines is 1. The van der Waals surface area contributed by atoms with E-state index in [9.17, 15) is 5.26 Å². The molecule has 19 heavy (non-hydrogen) atoms. The molecule has 0 bridgehead atoms. The molecule has 0 unspecified atom stereocenters. The van der Waals surface area contributed by atoms with Gasteiger partial charge in [0.1, 0.15) is 11.3 Å². The lowest BCUT2D eigenvalue weighted by Crippen LogP contribution is -2.42. The van der Waals surface area contributed by atoms with Crippen molar-refractivity contribution in [1.82, 2.24) is 0 Å². The molecule has 1 aromatic carbocycles. The molecule has 0 atom stereocenters. The van der Waals surface area contributed by atoms with Gasteiger partial charge in [0.05, 0.1) is 13.2 Å². The Morgan fingerprint density at radius 1 is 1.21 bits per heavy atom. The van der Waals surface area contributed by atoms with E-state index in [2.05, 4.69) is 25.2 Å². The minimum absolute atomic E-state index is 0.358. The standard InChI is InChI=1S/C16H22N2O/c1-15(2)7-9-16(12-17,10-8-15)18-13-5-4-6-14(11-13)19-3/h4-6,11,18H,7-10H2,1-3H3. The van der Waals surface area contributed by atoms with E-state index in [-0.39, 0.29) is 0 Å². The first-order valence-electron chi connectivity index (χ1n) is 6.82. The number of rotatable bonds is 3. The van der Waals surface area contributed by atoms with E-state index in [0.717, 1.165) is 37.1 Å². The van der Waals surface area contributed by atoms with Crippen LogP contribution < -0.4 is 10.1 Å². The SMILES string of the molecule is COc1cccc(NC2(C#N)CCC(C)(C)CC2)c1. The number of methoxy groups -OCH3 is 1. The Labute approximate surface area is 115 Å². The third-order valence-electron chi connectivity index (χ3n) is 4.12. The quantitative estimate of drug-likeness (QED) is 0.892. The molecule has 0 saturated heterocycles. The molecule has 1 aliphatic carbocycles. The van der Waals surface area contributed by atoms with Gasteiger partial charge < -0.3 is 10.1 Å². The summed E-state index contributed by atoms with van der Waals surface area (Å²) in [5, 5.41) is 13.0. The summed E-state index contributed by atoms with van der Waals surface area (Å²) in [5.41, 5.74) is 0.888. The highest BCUT2D eigenvalue weighted by Crippen LogP contribution is 2.41. The molecule has 102 valence electrons. The van der Waals surface area contributed by atoms with Crippen molar-refractivity contribution < 1.29 is 4.74 Å². The molecular weight excluding hydrogens is 236 g/mol. The molecule has 1 aromatic rings. The lowest BCUT2D eigenvalue weighted by molar-refractivity contribution is 0.206. The van der Waals surface area contributed by atoms with Crippen molar-refractivity contribution in [1.29, 1.82) is 5.26 Å². The molecule has 3 nitrogen and oxygen atoms in total. The van der Waals surface area contributed by atoms with Crippen molar-refractivity contribution >= 4 is 5.69 Å². The lowest BCUT2D eigenvalue weighted by Gasteiger charge is -2.40. The zero-order valence-electron chi connectivity index (χ0n) is 12.0. The van der Waals surface area contributed by atoms with Crippen LogP contribution in [0.2, 0.25) is 0 Å². The third kappa shape index (κ3) is 3.20. The van der Waals surface area contributed by atoms with Crippen LogP contribution in [0.15, 0.2) is 24.3 Å². The first-order valence-corrected chi connectivity index (χ1v) is 6.82. The Morgan fingerprint density at radius 2 is 1.89 bits per heavy atom. The Morgan fingerprint density at radius 3 is 2.47 bits per heavy atom. The van der Waals surface area contributed by atoms with Crippen molar-refractivity contribution in [3.63, 3.8) is 0 Å². The van der Waals surface area contributed by atoms with Gasteiger partial charge in [0.2, 0.25) is 0 Å². The van der Waals surface area contributed by atoms with Crippen LogP contribution in [0.3, 0.4) is 0 Å². The fourth-order valence-corrected chi connectivity index (χ4v) is 2.60. The van der Waals surface area contributed by atoms with Crippen LogP contribution in [0, 0.1) is 16.7 Å². The van der Waals surface area contributed by atoms with Crippen LogP contribution in [0.1, 0.15) is 39.5 Å². The number of nitriles is 1. The monoisotopic (exact) mass is 258 g/mol. The molecular formula is C16H22N2O. The molecule has 0 aliphatic heterocycles.